The van der Waals surface area contributed by atoms with Gasteiger partial charge in [0.2, 0.25) is 5.91 Å². The van der Waals surface area contributed by atoms with Crippen LogP contribution in [0.25, 0.3) is 0 Å². The van der Waals surface area contributed by atoms with Crippen molar-refractivity contribution in [2.45, 2.75) is 51.6 Å². The van der Waals surface area contributed by atoms with Gasteiger partial charge in [0.05, 0.1) is 6.04 Å². The summed E-state index contributed by atoms with van der Waals surface area (Å²) in [6.07, 6.45) is 5.23. The van der Waals surface area contributed by atoms with Crippen molar-refractivity contribution >= 4 is 5.91 Å². The first-order valence-electron chi connectivity index (χ1n) is 7.39. The van der Waals surface area contributed by atoms with Gasteiger partial charge in [0, 0.05) is 25.7 Å². The summed E-state index contributed by atoms with van der Waals surface area (Å²) in [5.74, 6) is 1.68. The first kappa shape index (κ1) is 13.8. The van der Waals surface area contributed by atoms with Crippen molar-refractivity contribution in [1.82, 2.24) is 16.0 Å². The maximum Gasteiger partial charge on any atom is 0.238 e. The Morgan fingerprint density at radius 1 is 1.22 bits per heavy atom. The van der Waals surface area contributed by atoms with E-state index in [-0.39, 0.29) is 11.9 Å². The molecule has 1 amide bonds. The summed E-state index contributed by atoms with van der Waals surface area (Å²) in [4.78, 5) is 12.0. The molecule has 4 heteroatoms. The molecular weight excluding hydrogens is 226 g/mol. The second kappa shape index (κ2) is 6.53. The second-order valence-electron chi connectivity index (χ2n) is 6.15. The van der Waals surface area contributed by atoms with Crippen molar-refractivity contribution in [3.8, 4) is 0 Å². The number of rotatable bonds is 3. The lowest BCUT2D eigenvalue weighted by Gasteiger charge is -2.30. The maximum absolute atomic E-state index is 12.0. The van der Waals surface area contributed by atoms with Crippen LogP contribution < -0.4 is 16.0 Å². The third-order valence-corrected chi connectivity index (χ3v) is 4.27. The van der Waals surface area contributed by atoms with Crippen LogP contribution in [0.4, 0.5) is 0 Å². The highest BCUT2D eigenvalue weighted by molar-refractivity contribution is 5.82. The fourth-order valence-electron chi connectivity index (χ4n) is 3.08. The number of carbonyl (C=O) groups is 1. The number of hydrogen-bond donors (Lipinski definition) is 3. The van der Waals surface area contributed by atoms with Gasteiger partial charge in [-0.25, -0.2) is 0 Å². The van der Waals surface area contributed by atoms with E-state index in [9.17, 15) is 4.79 Å². The molecule has 1 saturated heterocycles. The zero-order chi connectivity index (χ0) is 13.0. The van der Waals surface area contributed by atoms with Crippen LogP contribution in [0.3, 0.4) is 0 Å². The van der Waals surface area contributed by atoms with Gasteiger partial charge in [-0.05, 0) is 31.6 Å². The van der Waals surface area contributed by atoms with Gasteiger partial charge >= 0.3 is 0 Å². The molecule has 4 atom stereocenters. The summed E-state index contributed by atoms with van der Waals surface area (Å²) < 4.78 is 0. The van der Waals surface area contributed by atoms with Gasteiger partial charge in [-0.15, -0.1) is 0 Å². The van der Waals surface area contributed by atoms with Crippen molar-refractivity contribution in [2.24, 2.45) is 11.8 Å². The zero-order valence-corrected chi connectivity index (χ0v) is 11.7. The van der Waals surface area contributed by atoms with Gasteiger partial charge in [-0.1, -0.05) is 19.8 Å². The molecule has 4 unspecified atom stereocenters. The predicted octanol–water partition coefficient (Wildman–Crippen LogP) is 0.879. The Bertz CT molecular complexity index is 274. The van der Waals surface area contributed by atoms with Crippen LogP contribution in [0.15, 0.2) is 0 Å². The Labute approximate surface area is 110 Å². The number of amides is 1. The van der Waals surface area contributed by atoms with Gasteiger partial charge in [-0.3, -0.25) is 4.79 Å². The van der Waals surface area contributed by atoms with E-state index in [0.29, 0.717) is 12.0 Å². The van der Waals surface area contributed by atoms with E-state index in [0.717, 1.165) is 25.6 Å². The van der Waals surface area contributed by atoms with E-state index >= 15 is 0 Å². The molecule has 1 heterocycles. The van der Waals surface area contributed by atoms with Gasteiger partial charge in [0.15, 0.2) is 0 Å². The van der Waals surface area contributed by atoms with Gasteiger partial charge < -0.3 is 16.0 Å². The van der Waals surface area contributed by atoms with E-state index in [1.54, 1.807) is 0 Å². The molecule has 4 nitrogen and oxygen atoms in total. The van der Waals surface area contributed by atoms with Crippen LogP contribution in [-0.4, -0.2) is 37.6 Å². The van der Waals surface area contributed by atoms with E-state index in [4.69, 9.17) is 0 Å². The standard InChI is InChI=1S/C14H27N3O/c1-10-4-3-5-12(6-10)8-17-14(18)13-9-15-11(2)7-16-13/h10-13,15-16H,3-9H2,1-2H3,(H,17,18). The number of hydrogen-bond acceptors (Lipinski definition) is 3. The van der Waals surface area contributed by atoms with Crippen LogP contribution in [0.2, 0.25) is 0 Å². The number of carbonyl (C=O) groups excluding carboxylic acids is 1. The van der Waals surface area contributed by atoms with E-state index < -0.39 is 0 Å². The third-order valence-electron chi connectivity index (χ3n) is 4.27. The van der Waals surface area contributed by atoms with Crippen LogP contribution in [0.5, 0.6) is 0 Å². The Hall–Kier alpha value is -0.610. The average Bonchev–Trinajstić information content (AvgIpc) is 2.37. The molecule has 3 N–H and O–H groups in total. The molecule has 0 aromatic carbocycles. The van der Waals surface area contributed by atoms with Crippen LogP contribution in [0, 0.1) is 11.8 Å². The van der Waals surface area contributed by atoms with E-state index in [1.165, 1.54) is 25.7 Å². The molecule has 0 aromatic rings. The van der Waals surface area contributed by atoms with Gasteiger partial charge in [0.25, 0.3) is 0 Å². The lowest BCUT2D eigenvalue weighted by molar-refractivity contribution is -0.123. The Morgan fingerprint density at radius 3 is 2.72 bits per heavy atom. The zero-order valence-electron chi connectivity index (χ0n) is 11.7. The molecule has 18 heavy (non-hydrogen) atoms. The van der Waals surface area contributed by atoms with Crippen molar-refractivity contribution in [3.63, 3.8) is 0 Å². The minimum absolute atomic E-state index is 0.0535. The maximum atomic E-state index is 12.0. The van der Waals surface area contributed by atoms with Crippen LogP contribution >= 0.6 is 0 Å². The molecule has 2 fully saturated rings. The highest BCUT2D eigenvalue weighted by Gasteiger charge is 2.24. The quantitative estimate of drug-likeness (QED) is 0.700. The summed E-state index contributed by atoms with van der Waals surface area (Å²) in [7, 11) is 0. The first-order valence-corrected chi connectivity index (χ1v) is 7.39. The van der Waals surface area contributed by atoms with Crippen molar-refractivity contribution in [3.05, 3.63) is 0 Å². The molecule has 1 saturated carbocycles. The number of nitrogens with one attached hydrogen (secondary N) is 3. The fourth-order valence-corrected chi connectivity index (χ4v) is 3.08. The Morgan fingerprint density at radius 2 is 2.06 bits per heavy atom. The largest absolute Gasteiger partial charge is 0.354 e. The summed E-state index contributed by atoms with van der Waals surface area (Å²) in [6.45, 7) is 6.93. The SMILES string of the molecule is CC1CCCC(CNC(=O)C2CNC(C)CN2)C1. The Kier molecular flexibility index (Phi) is 5.01. The minimum Gasteiger partial charge on any atom is -0.354 e. The van der Waals surface area contributed by atoms with Gasteiger partial charge in [-0.2, -0.15) is 0 Å². The second-order valence-corrected chi connectivity index (χ2v) is 6.15. The third kappa shape index (κ3) is 3.95. The lowest BCUT2D eigenvalue weighted by Crippen LogP contribution is -2.59. The highest BCUT2D eigenvalue weighted by Crippen LogP contribution is 2.27. The summed E-state index contributed by atoms with van der Waals surface area (Å²) in [5.41, 5.74) is 0. The molecule has 1 aliphatic heterocycles. The van der Waals surface area contributed by atoms with E-state index in [1.807, 2.05) is 0 Å². The molecule has 0 radical (unpaired) electrons. The smallest absolute Gasteiger partial charge is 0.238 e. The summed E-state index contributed by atoms with van der Waals surface area (Å²) in [6, 6.07) is 0.412. The summed E-state index contributed by atoms with van der Waals surface area (Å²) in [5, 5.41) is 9.74. The minimum atomic E-state index is -0.0535. The molecule has 104 valence electrons. The first-order chi connectivity index (χ1) is 8.65. The molecule has 0 spiro atoms. The molecular formula is C14H27N3O. The molecule has 2 aliphatic rings. The van der Waals surface area contributed by atoms with Crippen molar-refractivity contribution in [1.29, 1.82) is 0 Å². The van der Waals surface area contributed by atoms with Crippen LogP contribution in [0.1, 0.15) is 39.5 Å². The number of piperazine rings is 1. The molecule has 0 bridgehead atoms. The lowest BCUT2D eigenvalue weighted by atomic mass is 9.82. The normalized spacial score (nSPS) is 37.2. The molecule has 1 aliphatic carbocycles. The molecule has 0 aromatic heterocycles. The summed E-state index contributed by atoms with van der Waals surface area (Å²) >= 11 is 0. The Balaban J connectivity index is 1.68. The van der Waals surface area contributed by atoms with Gasteiger partial charge in [0.1, 0.15) is 0 Å². The average molecular weight is 253 g/mol. The van der Waals surface area contributed by atoms with Crippen LogP contribution in [-0.2, 0) is 4.79 Å². The van der Waals surface area contributed by atoms with Crippen molar-refractivity contribution in [2.75, 3.05) is 19.6 Å². The monoisotopic (exact) mass is 253 g/mol. The fraction of sp³-hybridized carbons (Fsp3) is 0.929. The molecule has 2 rings (SSSR count). The topological polar surface area (TPSA) is 53.2 Å². The highest BCUT2D eigenvalue weighted by atomic mass is 16.2. The predicted molar refractivity (Wildman–Crippen MR) is 73.4 cm³/mol. The van der Waals surface area contributed by atoms with E-state index in [2.05, 4.69) is 29.8 Å². The van der Waals surface area contributed by atoms with Crippen molar-refractivity contribution < 1.29 is 4.79 Å².